The number of ether oxygens (including phenoxy) is 1. The molecule has 0 saturated carbocycles. The van der Waals surface area contributed by atoms with Crippen LogP contribution in [-0.2, 0) is 14.8 Å². The summed E-state index contributed by atoms with van der Waals surface area (Å²) in [5.41, 5.74) is 0.103. The molecule has 0 spiro atoms. The number of carbonyl (C=O) groups is 1. The van der Waals surface area contributed by atoms with Gasteiger partial charge >= 0.3 is 0 Å². The van der Waals surface area contributed by atoms with E-state index in [0.29, 0.717) is 11.4 Å². The highest BCUT2D eigenvalue weighted by atomic mass is 32.2. The van der Waals surface area contributed by atoms with E-state index in [4.69, 9.17) is 4.74 Å². The Balaban J connectivity index is 2.25. The van der Waals surface area contributed by atoms with Gasteiger partial charge in [0.15, 0.2) is 6.10 Å². The van der Waals surface area contributed by atoms with Gasteiger partial charge in [0.25, 0.3) is 5.91 Å². The highest BCUT2D eigenvalue weighted by molar-refractivity contribution is 7.92. The SMILES string of the molecule is CCS(=O)(=O)N1C[C@H](C(=O)NC(C)(C)CC(C)(C)C)Oc2ccccc21. The molecule has 0 aliphatic carbocycles. The van der Waals surface area contributed by atoms with Gasteiger partial charge in [0.1, 0.15) is 5.75 Å². The van der Waals surface area contributed by atoms with Gasteiger partial charge in [-0.2, -0.15) is 0 Å². The zero-order valence-corrected chi connectivity index (χ0v) is 17.3. The summed E-state index contributed by atoms with van der Waals surface area (Å²) >= 11 is 0. The summed E-state index contributed by atoms with van der Waals surface area (Å²) in [4.78, 5) is 12.8. The lowest BCUT2D eigenvalue weighted by Crippen LogP contribution is -2.55. The minimum atomic E-state index is -3.50. The Bertz CT molecular complexity index is 766. The van der Waals surface area contributed by atoms with Gasteiger partial charge in [-0.3, -0.25) is 9.10 Å². The van der Waals surface area contributed by atoms with Crippen molar-refractivity contribution in [1.29, 1.82) is 0 Å². The van der Waals surface area contributed by atoms with E-state index >= 15 is 0 Å². The second kappa shape index (κ2) is 7.10. The Hall–Kier alpha value is -1.76. The number of anilines is 1. The Morgan fingerprint density at radius 3 is 2.42 bits per heavy atom. The molecule has 0 bridgehead atoms. The fourth-order valence-corrected chi connectivity index (χ4v) is 4.67. The van der Waals surface area contributed by atoms with Gasteiger partial charge in [0.05, 0.1) is 18.0 Å². The second-order valence-corrected chi connectivity index (χ2v) is 10.8. The number of amides is 1. The molecule has 146 valence electrons. The Morgan fingerprint density at radius 2 is 1.85 bits per heavy atom. The number of benzene rings is 1. The van der Waals surface area contributed by atoms with E-state index in [1.54, 1.807) is 31.2 Å². The predicted octanol–water partition coefficient (Wildman–Crippen LogP) is 2.93. The number of nitrogens with zero attached hydrogens (tertiary/aromatic N) is 1. The molecule has 26 heavy (non-hydrogen) atoms. The van der Waals surface area contributed by atoms with Crippen LogP contribution in [0.5, 0.6) is 5.75 Å². The fourth-order valence-electron chi connectivity index (χ4n) is 3.54. The monoisotopic (exact) mass is 382 g/mol. The summed E-state index contributed by atoms with van der Waals surface area (Å²) in [6, 6.07) is 6.90. The third-order valence-corrected chi connectivity index (χ3v) is 5.91. The molecule has 1 amide bonds. The highest BCUT2D eigenvalue weighted by Crippen LogP contribution is 2.35. The topological polar surface area (TPSA) is 75.7 Å². The lowest BCUT2D eigenvalue weighted by atomic mass is 9.81. The van der Waals surface area contributed by atoms with Crippen LogP contribution in [0.4, 0.5) is 5.69 Å². The maximum Gasteiger partial charge on any atom is 0.263 e. The predicted molar refractivity (Wildman–Crippen MR) is 104 cm³/mol. The minimum absolute atomic E-state index is 0.0232. The standard InChI is InChI=1S/C19H30N2O4S/c1-7-26(23,24)21-12-16(25-15-11-9-8-10-14(15)21)17(22)20-19(5,6)13-18(2,3)4/h8-11,16H,7,12-13H2,1-6H3,(H,20,22)/t16-/m1/s1. The third kappa shape index (κ3) is 4.90. The molecule has 1 aliphatic rings. The van der Waals surface area contributed by atoms with Crippen molar-refractivity contribution in [3.8, 4) is 5.75 Å². The summed E-state index contributed by atoms with van der Waals surface area (Å²) in [5.74, 6) is 0.0696. The van der Waals surface area contributed by atoms with Crippen molar-refractivity contribution in [2.45, 2.75) is 59.6 Å². The molecule has 7 heteroatoms. The number of hydrogen-bond acceptors (Lipinski definition) is 4. The smallest absolute Gasteiger partial charge is 0.263 e. The first-order valence-corrected chi connectivity index (χ1v) is 10.5. The first kappa shape index (κ1) is 20.6. The van der Waals surface area contributed by atoms with Crippen LogP contribution in [0.15, 0.2) is 24.3 Å². The molecule has 1 aliphatic heterocycles. The number of para-hydroxylation sites is 2. The van der Waals surface area contributed by atoms with Crippen LogP contribution in [0.25, 0.3) is 0 Å². The van der Waals surface area contributed by atoms with Crippen molar-refractivity contribution in [3.05, 3.63) is 24.3 Å². The number of carbonyl (C=O) groups excluding carboxylic acids is 1. The largest absolute Gasteiger partial charge is 0.476 e. The number of rotatable bonds is 5. The molecule has 1 aromatic carbocycles. The van der Waals surface area contributed by atoms with Gasteiger partial charge in [0, 0.05) is 5.54 Å². The van der Waals surface area contributed by atoms with Crippen molar-refractivity contribution in [2.24, 2.45) is 5.41 Å². The Labute approximate surface area is 157 Å². The van der Waals surface area contributed by atoms with Crippen LogP contribution in [-0.4, -0.2) is 38.3 Å². The molecule has 0 fully saturated rings. The van der Waals surface area contributed by atoms with Crippen LogP contribution < -0.4 is 14.4 Å². The summed E-state index contributed by atoms with van der Waals surface area (Å²) in [7, 11) is -3.50. The zero-order chi connectivity index (χ0) is 19.8. The van der Waals surface area contributed by atoms with Crippen molar-refractivity contribution in [3.63, 3.8) is 0 Å². The summed E-state index contributed by atoms with van der Waals surface area (Å²) < 4.78 is 32.1. The molecular formula is C19H30N2O4S. The molecule has 1 aromatic rings. The van der Waals surface area contributed by atoms with Crippen LogP contribution in [0.2, 0.25) is 0 Å². The van der Waals surface area contributed by atoms with Gasteiger partial charge in [-0.25, -0.2) is 8.42 Å². The first-order valence-electron chi connectivity index (χ1n) is 8.93. The number of fused-ring (bicyclic) bond motifs is 1. The molecular weight excluding hydrogens is 352 g/mol. The van der Waals surface area contributed by atoms with E-state index in [2.05, 4.69) is 26.1 Å². The van der Waals surface area contributed by atoms with E-state index < -0.39 is 21.7 Å². The number of sulfonamides is 1. The van der Waals surface area contributed by atoms with Gasteiger partial charge in [-0.15, -0.1) is 0 Å². The van der Waals surface area contributed by atoms with Crippen LogP contribution in [0.3, 0.4) is 0 Å². The zero-order valence-electron chi connectivity index (χ0n) is 16.5. The fraction of sp³-hybridized carbons (Fsp3) is 0.632. The van der Waals surface area contributed by atoms with Gasteiger partial charge in [-0.05, 0) is 44.7 Å². The third-order valence-electron chi connectivity index (χ3n) is 4.16. The summed E-state index contributed by atoms with van der Waals surface area (Å²) in [6.45, 7) is 11.8. The average Bonchev–Trinajstić information content (AvgIpc) is 2.50. The van der Waals surface area contributed by atoms with E-state index in [1.165, 1.54) is 4.31 Å². The van der Waals surface area contributed by atoms with Gasteiger partial charge in [0.2, 0.25) is 10.0 Å². The van der Waals surface area contributed by atoms with Crippen LogP contribution in [0, 0.1) is 5.41 Å². The number of hydrogen-bond donors (Lipinski definition) is 1. The lowest BCUT2D eigenvalue weighted by molar-refractivity contribution is -0.129. The molecule has 6 nitrogen and oxygen atoms in total. The van der Waals surface area contributed by atoms with Crippen LogP contribution >= 0.6 is 0 Å². The molecule has 0 saturated heterocycles. The summed E-state index contributed by atoms with van der Waals surface area (Å²) in [6.07, 6.45) is -0.100. The first-order chi connectivity index (χ1) is 11.8. The van der Waals surface area contributed by atoms with Crippen molar-refractivity contribution in [2.75, 3.05) is 16.6 Å². The lowest BCUT2D eigenvalue weighted by Gasteiger charge is -2.38. The quantitative estimate of drug-likeness (QED) is 0.849. The average molecular weight is 383 g/mol. The summed E-state index contributed by atoms with van der Waals surface area (Å²) in [5, 5.41) is 3.02. The molecule has 0 unspecified atom stereocenters. The Morgan fingerprint density at radius 1 is 1.23 bits per heavy atom. The minimum Gasteiger partial charge on any atom is -0.476 e. The normalized spacial score (nSPS) is 18.1. The van der Waals surface area contributed by atoms with E-state index in [1.807, 2.05) is 13.8 Å². The molecule has 0 aromatic heterocycles. The number of nitrogens with one attached hydrogen (secondary N) is 1. The van der Waals surface area contributed by atoms with E-state index in [9.17, 15) is 13.2 Å². The molecule has 1 heterocycles. The molecule has 0 radical (unpaired) electrons. The molecule has 1 N–H and O–H groups in total. The van der Waals surface area contributed by atoms with Gasteiger partial charge in [-0.1, -0.05) is 32.9 Å². The van der Waals surface area contributed by atoms with E-state index in [-0.39, 0.29) is 23.6 Å². The van der Waals surface area contributed by atoms with Crippen molar-refractivity contribution in [1.82, 2.24) is 5.32 Å². The van der Waals surface area contributed by atoms with Crippen molar-refractivity contribution < 1.29 is 17.9 Å². The van der Waals surface area contributed by atoms with E-state index in [0.717, 1.165) is 6.42 Å². The molecule has 1 atom stereocenters. The molecule has 2 rings (SSSR count). The second-order valence-electron chi connectivity index (χ2n) is 8.62. The highest BCUT2D eigenvalue weighted by Gasteiger charge is 2.38. The Kier molecular flexibility index (Phi) is 5.61. The maximum atomic E-state index is 12.8. The van der Waals surface area contributed by atoms with Crippen molar-refractivity contribution >= 4 is 21.6 Å². The van der Waals surface area contributed by atoms with Crippen LogP contribution in [0.1, 0.15) is 48.0 Å². The van der Waals surface area contributed by atoms with Gasteiger partial charge < -0.3 is 10.1 Å². The maximum absolute atomic E-state index is 12.8.